The summed E-state index contributed by atoms with van der Waals surface area (Å²) in [5.41, 5.74) is 7.31. The molecule has 1 atom stereocenters. The Kier molecular flexibility index (Phi) is 7.47. The Morgan fingerprint density at radius 3 is 2.26 bits per heavy atom. The van der Waals surface area contributed by atoms with Crippen molar-refractivity contribution in [1.82, 2.24) is 0 Å². The van der Waals surface area contributed by atoms with E-state index < -0.39 is 0 Å². The van der Waals surface area contributed by atoms with Crippen molar-refractivity contribution in [3.05, 3.63) is 35.9 Å². The van der Waals surface area contributed by atoms with Gasteiger partial charge in [0.1, 0.15) is 11.7 Å². The van der Waals surface area contributed by atoms with Crippen LogP contribution in [0.4, 0.5) is 0 Å². The number of nitrogens with two attached hydrogens (primary N) is 1. The molecule has 23 heavy (non-hydrogen) atoms. The maximum Gasteiger partial charge on any atom is 0.131 e. The molecule has 2 N–H and O–H groups in total. The lowest BCUT2D eigenvalue weighted by Crippen LogP contribution is -2.30. The monoisotopic (exact) mass is 315 g/mol. The van der Waals surface area contributed by atoms with Crippen LogP contribution in [0.3, 0.4) is 0 Å². The van der Waals surface area contributed by atoms with E-state index in [0.29, 0.717) is 18.3 Å². The molecule has 128 valence electrons. The molecule has 3 nitrogen and oxygen atoms in total. The van der Waals surface area contributed by atoms with Crippen LogP contribution in [0.25, 0.3) is 0 Å². The number of aliphatic imine (C=N–C) groups is 2. The number of hydrogen-bond acceptors (Lipinski definition) is 1. The van der Waals surface area contributed by atoms with E-state index in [1.165, 1.54) is 5.56 Å². The molecule has 0 amide bonds. The first-order chi connectivity index (χ1) is 10.8. The summed E-state index contributed by atoms with van der Waals surface area (Å²) in [7, 11) is 0. The number of rotatable bonds is 7. The summed E-state index contributed by atoms with van der Waals surface area (Å²) in [5.74, 6) is 2.43. The zero-order chi connectivity index (χ0) is 17.5. The summed E-state index contributed by atoms with van der Waals surface area (Å²) < 4.78 is 0. The van der Waals surface area contributed by atoms with E-state index in [4.69, 9.17) is 15.7 Å². The van der Waals surface area contributed by atoms with E-state index >= 15 is 0 Å². The van der Waals surface area contributed by atoms with Gasteiger partial charge < -0.3 is 5.73 Å². The van der Waals surface area contributed by atoms with E-state index in [9.17, 15) is 0 Å². The van der Waals surface area contributed by atoms with E-state index in [2.05, 4.69) is 53.7 Å². The molecule has 0 aromatic heterocycles. The van der Waals surface area contributed by atoms with Crippen LogP contribution in [0.15, 0.2) is 40.3 Å². The molecule has 0 saturated heterocycles. The fourth-order valence-corrected chi connectivity index (χ4v) is 2.70. The number of benzene rings is 1. The Labute approximate surface area is 142 Å². The first kappa shape index (κ1) is 19.4. The average molecular weight is 316 g/mol. The van der Waals surface area contributed by atoms with Crippen molar-refractivity contribution >= 4 is 11.7 Å². The van der Waals surface area contributed by atoms with Crippen molar-refractivity contribution in [2.24, 2.45) is 33.0 Å². The molecule has 1 aromatic rings. The second-order valence-corrected chi connectivity index (χ2v) is 7.45. The molecular formula is C20H33N3. The van der Waals surface area contributed by atoms with Crippen molar-refractivity contribution in [1.29, 1.82) is 0 Å². The highest BCUT2D eigenvalue weighted by molar-refractivity contribution is 5.99. The van der Waals surface area contributed by atoms with Gasteiger partial charge in [-0.15, -0.1) is 0 Å². The molecule has 0 aliphatic rings. The minimum Gasteiger partial charge on any atom is -0.387 e. The highest BCUT2D eigenvalue weighted by Crippen LogP contribution is 2.28. The van der Waals surface area contributed by atoms with Crippen molar-refractivity contribution in [2.75, 3.05) is 0 Å². The first-order valence-electron chi connectivity index (χ1n) is 8.69. The summed E-state index contributed by atoms with van der Waals surface area (Å²) in [6.45, 7) is 13.8. The van der Waals surface area contributed by atoms with Crippen LogP contribution in [0.1, 0.15) is 59.9 Å². The van der Waals surface area contributed by atoms with Gasteiger partial charge in [0.25, 0.3) is 0 Å². The third-order valence-electron chi connectivity index (χ3n) is 4.13. The molecule has 1 rings (SSSR count). The Morgan fingerprint density at radius 2 is 1.74 bits per heavy atom. The minimum absolute atomic E-state index is 0.0823. The van der Waals surface area contributed by atoms with Crippen molar-refractivity contribution in [2.45, 2.75) is 60.9 Å². The van der Waals surface area contributed by atoms with Gasteiger partial charge in [0, 0.05) is 11.3 Å². The molecule has 0 radical (unpaired) electrons. The topological polar surface area (TPSA) is 50.7 Å². The van der Waals surface area contributed by atoms with Crippen LogP contribution in [0.5, 0.6) is 0 Å². The van der Waals surface area contributed by atoms with Gasteiger partial charge >= 0.3 is 0 Å². The molecule has 0 aliphatic heterocycles. The van der Waals surface area contributed by atoms with Crippen LogP contribution in [-0.2, 0) is 6.54 Å². The van der Waals surface area contributed by atoms with Crippen LogP contribution in [-0.4, -0.2) is 11.7 Å². The lowest BCUT2D eigenvalue weighted by Gasteiger charge is -2.27. The van der Waals surface area contributed by atoms with Crippen LogP contribution in [0.2, 0.25) is 0 Å². The maximum atomic E-state index is 6.19. The Morgan fingerprint density at radius 1 is 1.13 bits per heavy atom. The van der Waals surface area contributed by atoms with E-state index in [0.717, 1.165) is 18.7 Å². The van der Waals surface area contributed by atoms with Crippen molar-refractivity contribution in [3.8, 4) is 0 Å². The number of amidine groups is 2. The van der Waals surface area contributed by atoms with Gasteiger partial charge in [-0.25, -0.2) is 4.99 Å². The second kappa shape index (κ2) is 8.85. The minimum atomic E-state index is -0.0823. The molecule has 0 heterocycles. The lowest BCUT2D eigenvalue weighted by molar-refractivity contribution is 0.390. The van der Waals surface area contributed by atoms with E-state index in [1.54, 1.807) is 0 Å². The fraction of sp³-hybridized carbons (Fsp3) is 0.600. The van der Waals surface area contributed by atoms with E-state index in [1.807, 2.05) is 18.2 Å². The fourth-order valence-electron chi connectivity index (χ4n) is 2.70. The smallest absolute Gasteiger partial charge is 0.131 e. The van der Waals surface area contributed by atoms with Gasteiger partial charge in [-0.2, -0.15) is 0 Å². The molecule has 0 bridgehead atoms. The normalized spacial score (nSPS) is 15.1. The molecule has 0 fully saturated rings. The predicted molar refractivity (Wildman–Crippen MR) is 102 cm³/mol. The molecule has 0 aliphatic carbocycles. The highest BCUT2D eigenvalue weighted by Gasteiger charge is 2.26. The van der Waals surface area contributed by atoms with Crippen molar-refractivity contribution in [3.63, 3.8) is 0 Å². The van der Waals surface area contributed by atoms with Crippen LogP contribution in [0, 0.1) is 17.3 Å². The predicted octanol–water partition coefficient (Wildman–Crippen LogP) is 5.06. The molecule has 3 heteroatoms. The first-order valence-corrected chi connectivity index (χ1v) is 8.69. The standard InChI is InChI=1S/C20H33N3/c1-7-16(4)18(21)23-19(20(5,6)13-15(2)3)22-14-17-11-9-8-10-12-17/h8-12,15-16H,7,13-14H2,1-6H3,(H2,21,22,23). The number of nitrogens with zero attached hydrogens (tertiary/aromatic N) is 2. The molecule has 0 saturated carbocycles. The van der Waals surface area contributed by atoms with Gasteiger partial charge in [-0.05, 0) is 24.3 Å². The Hall–Kier alpha value is -1.64. The lowest BCUT2D eigenvalue weighted by atomic mass is 9.82. The summed E-state index contributed by atoms with van der Waals surface area (Å²) in [5, 5.41) is 0. The molecule has 0 spiro atoms. The highest BCUT2D eigenvalue weighted by atomic mass is 15.0. The van der Waals surface area contributed by atoms with E-state index in [-0.39, 0.29) is 11.3 Å². The van der Waals surface area contributed by atoms with Crippen molar-refractivity contribution < 1.29 is 0 Å². The summed E-state index contributed by atoms with van der Waals surface area (Å²) in [6, 6.07) is 10.3. The SMILES string of the molecule is CCC(C)C(N)=NC(=NCc1ccccc1)C(C)(C)CC(C)C. The third kappa shape index (κ3) is 6.55. The zero-order valence-electron chi connectivity index (χ0n) is 15.6. The third-order valence-corrected chi connectivity index (χ3v) is 4.13. The maximum absolute atomic E-state index is 6.19. The Bertz CT molecular complexity index is 527. The zero-order valence-corrected chi connectivity index (χ0v) is 15.6. The largest absolute Gasteiger partial charge is 0.387 e. The van der Waals surface area contributed by atoms with Gasteiger partial charge in [-0.3, -0.25) is 4.99 Å². The Balaban J connectivity index is 3.10. The summed E-state index contributed by atoms with van der Waals surface area (Å²) >= 11 is 0. The van der Waals surface area contributed by atoms with Crippen LogP contribution >= 0.6 is 0 Å². The van der Waals surface area contributed by atoms with Crippen LogP contribution < -0.4 is 5.73 Å². The average Bonchev–Trinajstić information content (AvgIpc) is 2.49. The second-order valence-electron chi connectivity index (χ2n) is 7.45. The molecular weight excluding hydrogens is 282 g/mol. The summed E-state index contributed by atoms with van der Waals surface area (Å²) in [4.78, 5) is 9.56. The van der Waals surface area contributed by atoms with Gasteiger partial charge in [0.05, 0.1) is 6.54 Å². The van der Waals surface area contributed by atoms with Gasteiger partial charge in [0.2, 0.25) is 0 Å². The molecule has 1 unspecified atom stereocenters. The van der Waals surface area contributed by atoms with Gasteiger partial charge in [-0.1, -0.05) is 71.9 Å². The van der Waals surface area contributed by atoms with Gasteiger partial charge in [0.15, 0.2) is 0 Å². The molecule has 1 aromatic carbocycles. The number of hydrogen-bond donors (Lipinski definition) is 1. The summed E-state index contributed by atoms with van der Waals surface area (Å²) in [6.07, 6.45) is 2.03. The quantitative estimate of drug-likeness (QED) is 0.555.